The summed E-state index contributed by atoms with van der Waals surface area (Å²) in [7, 11) is 0. The standard InChI is InChI=1S/C22H26N4O2/c1-4-12-25(13-5-2)22(28)20-24-19(18-11-6-7-14-26(18)20)21(27)23-17-10-8-9-16(3)15-17/h6-11,14-15H,4-5,12-13H2,1-3H3,(H,23,27). The molecule has 3 aromatic rings. The summed E-state index contributed by atoms with van der Waals surface area (Å²) >= 11 is 0. The first-order valence-corrected chi connectivity index (χ1v) is 9.69. The fourth-order valence-electron chi connectivity index (χ4n) is 3.27. The lowest BCUT2D eigenvalue weighted by atomic mass is 10.2. The number of aryl methyl sites for hydroxylation is 1. The number of amides is 2. The SMILES string of the molecule is CCCN(CCC)C(=O)c1nc(C(=O)Nc2cccc(C)c2)c2ccccn12. The second kappa shape index (κ2) is 8.69. The first kappa shape index (κ1) is 19.6. The molecule has 0 aliphatic heterocycles. The van der Waals surface area contributed by atoms with Crippen LogP contribution in [0.25, 0.3) is 5.52 Å². The molecule has 28 heavy (non-hydrogen) atoms. The molecule has 0 atom stereocenters. The monoisotopic (exact) mass is 378 g/mol. The van der Waals surface area contributed by atoms with Gasteiger partial charge in [-0.3, -0.25) is 14.0 Å². The zero-order valence-corrected chi connectivity index (χ0v) is 16.6. The Bertz CT molecular complexity index is 987. The number of fused-ring (bicyclic) bond motifs is 1. The lowest BCUT2D eigenvalue weighted by Gasteiger charge is -2.20. The number of hydrogen-bond donors (Lipinski definition) is 1. The molecule has 0 radical (unpaired) electrons. The van der Waals surface area contributed by atoms with Crippen LogP contribution in [0.15, 0.2) is 48.7 Å². The summed E-state index contributed by atoms with van der Waals surface area (Å²) in [6.07, 6.45) is 3.51. The van der Waals surface area contributed by atoms with Gasteiger partial charge in [0, 0.05) is 25.0 Å². The molecule has 0 aliphatic rings. The van der Waals surface area contributed by atoms with Crippen LogP contribution in [-0.4, -0.2) is 39.2 Å². The average Bonchev–Trinajstić information content (AvgIpc) is 3.07. The van der Waals surface area contributed by atoms with Crippen molar-refractivity contribution >= 4 is 23.0 Å². The number of nitrogens with zero attached hydrogens (tertiary/aromatic N) is 3. The number of pyridine rings is 1. The van der Waals surface area contributed by atoms with Gasteiger partial charge in [0.25, 0.3) is 11.8 Å². The van der Waals surface area contributed by atoms with Crippen molar-refractivity contribution in [1.29, 1.82) is 0 Å². The third-order valence-corrected chi connectivity index (χ3v) is 4.50. The van der Waals surface area contributed by atoms with Crippen LogP contribution in [0.3, 0.4) is 0 Å². The van der Waals surface area contributed by atoms with E-state index in [0.717, 1.165) is 18.4 Å². The Morgan fingerprint density at radius 2 is 1.82 bits per heavy atom. The zero-order chi connectivity index (χ0) is 20.1. The minimum Gasteiger partial charge on any atom is -0.336 e. The maximum atomic E-state index is 13.1. The molecule has 6 heteroatoms. The van der Waals surface area contributed by atoms with E-state index in [2.05, 4.69) is 10.3 Å². The predicted molar refractivity (Wildman–Crippen MR) is 111 cm³/mol. The van der Waals surface area contributed by atoms with Crippen LogP contribution in [0.2, 0.25) is 0 Å². The van der Waals surface area contributed by atoms with Crippen LogP contribution in [0.4, 0.5) is 5.69 Å². The quantitative estimate of drug-likeness (QED) is 0.671. The average molecular weight is 378 g/mol. The van der Waals surface area contributed by atoms with Crippen molar-refractivity contribution in [3.63, 3.8) is 0 Å². The van der Waals surface area contributed by atoms with E-state index in [0.29, 0.717) is 24.3 Å². The number of imidazole rings is 1. The Morgan fingerprint density at radius 3 is 2.50 bits per heavy atom. The minimum atomic E-state index is -0.328. The van der Waals surface area contributed by atoms with Crippen LogP contribution in [-0.2, 0) is 0 Å². The Balaban J connectivity index is 1.98. The Labute approximate surface area is 165 Å². The van der Waals surface area contributed by atoms with Crippen molar-refractivity contribution in [2.75, 3.05) is 18.4 Å². The third kappa shape index (κ3) is 4.06. The van der Waals surface area contributed by atoms with Gasteiger partial charge in [0.1, 0.15) is 0 Å². The molecule has 1 N–H and O–H groups in total. The van der Waals surface area contributed by atoms with E-state index in [1.54, 1.807) is 21.6 Å². The van der Waals surface area contributed by atoms with Gasteiger partial charge in [0.05, 0.1) is 5.52 Å². The molecule has 2 aromatic heterocycles. The van der Waals surface area contributed by atoms with Crippen molar-refractivity contribution in [3.8, 4) is 0 Å². The van der Waals surface area contributed by atoms with Gasteiger partial charge in [-0.15, -0.1) is 0 Å². The van der Waals surface area contributed by atoms with Crippen LogP contribution in [0, 0.1) is 6.92 Å². The summed E-state index contributed by atoms with van der Waals surface area (Å²) in [5.74, 6) is -0.211. The second-order valence-corrected chi connectivity index (χ2v) is 6.86. The molecule has 0 fully saturated rings. The van der Waals surface area contributed by atoms with Gasteiger partial charge in [0.2, 0.25) is 5.82 Å². The third-order valence-electron chi connectivity index (χ3n) is 4.50. The number of anilines is 1. The first-order chi connectivity index (χ1) is 13.5. The molecule has 2 heterocycles. The Kier molecular flexibility index (Phi) is 6.09. The molecule has 146 valence electrons. The number of carbonyl (C=O) groups excluding carboxylic acids is 2. The maximum absolute atomic E-state index is 13.1. The Hall–Kier alpha value is -3.15. The molecular weight excluding hydrogens is 352 g/mol. The van der Waals surface area contributed by atoms with Crippen molar-refractivity contribution in [1.82, 2.24) is 14.3 Å². The molecule has 0 aliphatic carbocycles. The summed E-state index contributed by atoms with van der Waals surface area (Å²) in [6, 6.07) is 13.1. The fourth-order valence-corrected chi connectivity index (χ4v) is 3.27. The smallest absolute Gasteiger partial charge is 0.290 e. The van der Waals surface area contributed by atoms with Gasteiger partial charge in [-0.2, -0.15) is 0 Å². The molecule has 0 saturated heterocycles. The fraction of sp³-hybridized carbons (Fsp3) is 0.318. The summed E-state index contributed by atoms with van der Waals surface area (Å²) < 4.78 is 1.70. The van der Waals surface area contributed by atoms with Crippen LogP contribution < -0.4 is 5.32 Å². The molecular formula is C22H26N4O2. The highest BCUT2D eigenvalue weighted by atomic mass is 16.2. The van der Waals surface area contributed by atoms with Gasteiger partial charge < -0.3 is 10.2 Å². The van der Waals surface area contributed by atoms with Crippen LogP contribution in [0.1, 0.15) is 53.4 Å². The highest BCUT2D eigenvalue weighted by molar-refractivity contribution is 6.09. The number of benzene rings is 1. The van der Waals surface area contributed by atoms with E-state index in [1.165, 1.54) is 0 Å². The van der Waals surface area contributed by atoms with Gasteiger partial charge in [-0.05, 0) is 49.6 Å². The van der Waals surface area contributed by atoms with Crippen molar-refractivity contribution in [2.24, 2.45) is 0 Å². The molecule has 2 amide bonds. The normalized spacial score (nSPS) is 10.8. The van der Waals surface area contributed by atoms with E-state index in [9.17, 15) is 9.59 Å². The molecule has 1 aromatic carbocycles. The van der Waals surface area contributed by atoms with Crippen LogP contribution >= 0.6 is 0 Å². The Morgan fingerprint density at radius 1 is 1.07 bits per heavy atom. The summed E-state index contributed by atoms with van der Waals surface area (Å²) in [5.41, 5.74) is 2.62. The molecule has 3 rings (SSSR count). The number of aromatic nitrogens is 2. The van der Waals surface area contributed by atoms with E-state index in [4.69, 9.17) is 0 Å². The highest BCUT2D eigenvalue weighted by Gasteiger charge is 2.24. The highest BCUT2D eigenvalue weighted by Crippen LogP contribution is 2.18. The summed E-state index contributed by atoms with van der Waals surface area (Å²) in [6.45, 7) is 7.38. The lowest BCUT2D eigenvalue weighted by Crippen LogP contribution is -2.33. The number of hydrogen-bond acceptors (Lipinski definition) is 3. The topological polar surface area (TPSA) is 66.7 Å². The number of carbonyl (C=O) groups is 2. The van der Waals surface area contributed by atoms with E-state index >= 15 is 0 Å². The van der Waals surface area contributed by atoms with Crippen molar-refractivity contribution < 1.29 is 9.59 Å². The summed E-state index contributed by atoms with van der Waals surface area (Å²) in [5, 5.41) is 2.88. The molecule has 0 spiro atoms. The van der Waals surface area contributed by atoms with Gasteiger partial charge in [0.15, 0.2) is 5.69 Å². The van der Waals surface area contributed by atoms with Gasteiger partial charge in [-0.25, -0.2) is 4.98 Å². The molecule has 0 bridgehead atoms. The maximum Gasteiger partial charge on any atom is 0.290 e. The van der Waals surface area contributed by atoms with Crippen LogP contribution in [0.5, 0.6) is 0 Å². The molecule has 0 unspecified atom stereocenters. The predicted octanol–water partition coefficient (Wildman–Crippen LogP) is 4.16. The van der Waals surface area contributed by atoms with Crippen molar-refractivity contribution in [3.05, 3.63) is 65.7 Å². The first-order valence-electron chi connectivity index (χ1n) is 9.69. The minimum absolute atomic E-state index is 0.153. The van der Waals surface area contributed by atoms with E-state index < -0.39 is 0 Å². The number of nitrogens with one attached hydrogen (secondary N) is 1. The largest absolute Gasteiger partial charge is 0.336 e. The van der Waals surface area contributed by atoms with E-state index in [-0.39, 0.29) is 23.3 Å². The lowest BCUT2D eigenvalue weighted by molar-refractivity contribution is 0.0742. The molecule has 0 saturated carbocycles. The second-order valence-electron chi connectivity index (χ2n) is 6.86. The van der Waals surface area contributed by atoms with Gasteiger partial charge >= 0.3 is 0 Å². The number of rotatable bonds is 7. The van der Waals surface area contributed by atoms with Gasteiger partial charge in [-0.1, -0.05) is 32.0 Å². The van der Waals surface area contributed by atoms with E-state index in [1.807, 2.05) is 57.2 Å². The molecule has 6 nitrogen and oxygen atoms in total. The zero-order valence-electron chi connectivity index (χ0n) is 16.6. The van der Waals surface area contributed by atoms with Crippen molar-refractivity contribution in [2.45, 2.75) is 33.6 Å². The summed E-state index contributed by atoms with van der Waals surface area (Å²) in [4.78, 5) is 32.2.